The molecule has 144 valence electrons. The van der Waals surface area contributed by atoms with Crippen molar-refractivity contribution in [2.24, 2.45) is 5.92 Å². The molecule has 4 amide bonds. The first-order valence-corrected chi connectivity index (χ1v) is 9.49. The highest BCUT2D eigenvalue weighted by Crippen LogP contribution is 2.37. The third-order valence-electron chi connectivity index (χ3n) is 5.76. The Morgan fingerprint density at radius 2 is 1.96 bits per heavy atom. The molecule has 4 heterocycles. The molecule has 2 atom stereocenters. The number of anilines is 1. The molecule has 0 aliphatic carbocycles. The van der Waals surface area contributed by atoms with Gasteiger partial charge >= 0.3 is 6.03 Å². The van der Waals surface area contributed by atoms with Crippen LogP contribution in [0.5, 0.6) is 0 Å². The maximum atomic E-state index is 13.1. The number of hydrogen-bond acceptors (Lipinski definition) is 5. The lowest BCUT2D eigenvalue weighted by Gasteiger charge is -2.45. The van der Waals surface area contributed by atoms with E-state index in [1.54, 1.807) is 12.1 Å². The molecule has 2 aromatic carbocycles. The fourth-order valence-electron chi connectivity index (χ4n) is 4.29. The lowest BCUT2D eigenvalue weighted by molar-refractivity contribution is 0.0597. The Bertz CT molecular complexity index is 1130. The number of amides is 4. The Morgan fingerprint density at radius 1 is 1.25 bits per heavy atom. The van der Waals surface area contributed by atoms with Gasteiger partial charge in [-0.3, -0.25) is 9.59 Å². The topological polar surface area (TPSA) is 95.7 Å². The molecule has 2 bridgehead atoms. The number of benzene rings is 2. The van der Waals surface area contributed by atoms with Crippen LogP contribution in [0.25, 0.3) is 10.8 Å². The van der Waals surface area contributed by atoms with E-state index < -0.39 is 30.4 Å². The van der Waals surface area contributed by atoms with Gasteiger partial charge in [0.25, 0.3) is 11.8 Å². The Kier molecular flexibility index (Phi) is 3.38. The molecule has 4 aliphatic rings. The molecule has 8 heteroatoms. The number of nitrogens with zero attached hydrogens (tertiary/aromatic N) is 2. The van der Waals surface area contributed by atoms with Crippen LogP contribution in [0.3, 0.4) is 0 Å². The molecular weight excluding hydrogens is 380 g/mol. The van der Waals surface area contributed by atoms with Gasteiger partial charge in [0.1, 0.15) is 0 Å². The van der Waals surface area contributed by atoms with Gasteiger partial charge in [-0.2, -0.15) is 4.90 Å². The standard InChI is InChI=1S/C20H19ClN4O3/c21-14-8-13-16-11(17(14)22)2-1-3-12(16)18(26)25(19(13)27)20(28)23-15-9-24-6-4-10(15)5-7-24/h1-3,8,10,15H,4-7,9,22H2,(H,23,28)/t15-/m1/s1/i9T,15T/t9?,15-. The predicted molar refractivity (Wildman–Crippen MR) is 105 cm³/mol. The van der Waals surface area contributed by atoms with Crippen molar-refractivity contribution in [3.05, 3.63) is 40.4 Å². The first-order valence-electron chi connectivity index (χ1n) is 10.2. The van der Waals surface area contributed by atoms with E-state index in [4.69, 9.17) is 20.1 Å². The van der Waals surface area contributed by atoms with Crippen molar-refractivity contribution >= 4 is 45.9 Å². The van der Waals surface area contributed by atoms with Crippen LogP contribution in [0.2, 0.25) is 5.02 Å². The zero-order valence-corrected chi connectivity index (χ0v) is 15.6. The van der Waals surface area contributed by atoms with Crippen molar-refractivity contribution in [2.75, 3.05) is 25.3 Å². The van der Waals surface area contributed by atoms with Crippen molar-refractivity contribution in [3.63, 3.8) is 0 Å². The van der Waals surface area contributed by atoms with E-state index in [-0.39, 0.29) is 27.8 Å². The molecular formula is C20H19ClN4O3. The maximum absolute atomic E-state index is 13.1. The number of rotatable bonds is 1. The Morgan fingerprint density at radius 3 is 2.68 bits per heavy atom. The van der Waals surface area contributed by atoms with Gasteiger partial charge in [-0.25, -0.2) is 4.79 Å². The number of hydrogen-bond donors (Lipinski definition) is 2. The second kappa shape index (κ2) is 6.18. The monoisotopic (exact) mass is 402 g/mol. The largest absolute Gasteiger partial charge is 0.397 e. The van der Waals surface area contributed by atoms with Crippen LogP contribution in [0.1, 0.15) is 36.3 Å². The molecule has 2 aromatic rings. The van der Waals surface area contributed by atoms with Crippen molar-refractivity contribution in [3.8, 4) is 0 Å². The third-order valence-corrected chi connectivity index (χ3v) is 6.08. The summed E-state index contributed by atoms with van der Waals surface area (Å²) in [5.74, 6) is -1.83. The molecule has 4 aliphatic heterocycles. The number of nitrogen functional groups attached to an aromatic ring is 1. The highest BCUT2D eigenvalue weighted by atomic mass is 35.5. The molecule has 3 fully saturated rings. The van der Waals surface area contributed by atoms with Gasteiger partial charge in [0.15, 0.2) is 0 Å². The Labute approximate surface area is 169 Å². The fourth-order valence-corrected chi connectivity index (χ4v) is 4.50. The predicted octanol–water partition coefficient (Wildman–Crippen LogP) is 2.48. The molecule has 7 nitrogen and oxygen atoms in total. The van der Waals surface area contributed by atoms with Gasteiger partial charge < -0.3 is 16.0 Å². The van der Waals surface area contributed by atoms with E-state index in [0.29, 0.717) is 41.6 Å². The number of carbonyl (C=O) groups is 3. The number of nitrogens with one attached hydrogen (secondary N) is 1. The average molecular weight is 403 g/mol. The van der Waals surface area contributed by atoms with Gasteiger partial charge in [-0.1, -0.05) is 23.7 Å². The first-order chi connectivity index (χ1) is 14.2. The number of imide groups is 3. The quantitative estimate of drug-likeness (QED) is 0.564. The van der Waals surface area contributed by atoms with Crippen molar-refractivity contribution < 1.29 is 17.1 Å². The van der Waals surface area contributed by atoms with Crippen LogP contribution in [0.4, 0.5) is 10.5 Å². The van der Waals surface area contributed by atoms with Crippen molar-refractivity contribution in [2.45, 2.75) is 18.9 Å². The minimum absolute atomic E-state index is 0.102. The lowest BCUT2D eigenvalue weighted by Crippen LogP contribution is -2.60. The Balaban J connectivity index is 1.55. The lowest BCUT2D eigenvalue weighted by atomic mass is 9.84. The Hall–Kier alpha value is -2.64. The van der Waals surface area contributed by atoms with E-state index in [0.717, 1.165) is 0 Å². The van der Waals surface area contributed by atoms with Crippen LogP contribution in [-0.2, 0) is 0 Å². The first kappa shape index (κ1) is 15.3. The van der Waals surface area contributed by atoms with Crippen LogP contribution >= 0.6 is 11.6 Å². The number of nitrogens with two attached hydrogens (primary N) is 1. The molecule has 3 N–H and O–H groups in total. The van der Waals surface area contributed by atoms with Crippen molar-refractivity contribution in [1.82, 2.24) is 15.1 Å². The van der Waals surface area contributed by atoms with Crippen molar-refractivity contribution in [1.29, 1.82) is 0 Å². The summed E-state index contributed by atoms with van der Waals surface area (Å²) in [4.78, 5) is 41.6. The normalized spacial score (nSPS) is 32.3. The second-order valence-electron chi connectivity index (χ2n) is 7.32. The van der Waals surface area contributed by atoms with Gasteiger partial charge in [0, 0.05) is 30.2 Å². The smallest absolute Gasteiger partial charge is 0.331 e. The third kappa shape index (κ3) is 2.43. The van der Waals surface area contributed by atoms with Gasteiger partial charge in [0.05, 0.1) is 17.6 Å². The minimum Gasteiger partial charge on any atom is -0.397 e. The zero-order valence-electron chi connectivity index (χ0n) is 16.9. The van der Waals surface area contributed by atoms with E-state index >= 15 is 0 Å². The number of piperidine rings is 3. The molecule has 0 aromatic heterocycles. The van der Waals surface area contributed by atoms with Crippen LogP contribution in [0, 0.1) is 5.92 Å². The zero-order chi connectivity index (χ0) is 21.4. The molecule has 28 heavy (non-hydrogen) atoms. The van der Waals surface area contributed by atoms with E-state index in [1.807, 2.05) is 4.90 Å². The van der Waals surface area contributed by atoms with E-state index in [1.165, 1.54) is 12.1 Å². The summed E-state index contributed by atoms with van der Waals surface area (Å²) in [7, 11) is 0. The highest BCUT2D eigenvalue weighted by molar-refractivity contribution is 6.38. The van der Waals surface area contributed by atoms with Gasteiger partial charge in [-0.05, 0) is 44.0 Å². The van der Waals surface area contributed by atoms with E-state index in [2.05, 4.69) is 5.32 Å². The number of carbonyl (C=O) groups excluding carboxylic acids is 3. The maximum Gasteiger partial charge on any atom is 0.331 e. The van der Waals surface area contributed by atoms with E-state index in [9.17, 15) is 14.4 Å². The molecule has 1 unspecified atom stereocenters. The summed E-state index contributed by atoms with van der Waals surface area (Å²) in [6, 6.07) is 3.55. The summed E-state index contributed by atoms with van der Waals surface area (Å²) in [6.07, 6.45) is 1.36. The van der Waals surface area contributed by atoms with Crippen LogP contribution in [-0.4, -0.2) is 53.3 Å². The summed E-state index contributed by atoms with van der Waals surface area (Å²) >= 11 is 6.18. The number of fused-ring (bicyclic) bond motifs is 3. The molecule has 0 radical (unpaired) electrons. The minimum atomic E-state index is -1.60. The number of urea groups is 1. The van der Waals surface area contributed by atoms with Crippen LogP contribution < -0.4 is 11.1 Å². The molecule has 6 rings (SSSR count). The fraction of sp³-hybridized carbons (Fsp3) is 0.350. The molecule has 0 saturated carbocycles. The van der Waals surface area contributed by atoms with Crippen LogP contribution in [0.15, 0.2) is 24.3 Å². The summed E-state index contributed by atoms with van der Waals surface area (Å²) in [6.45, 7) is 0.437. The average Bonchev–Trinajstić information content (AvgIpc) is 2.73. The number of halogens is 1. The summed E-state index contributed by atoms with van der Waals surface area (Å²) in [5, 5.41) is 3.50. The summed E-state index contributed by atoms with van der Waals surface area (Å²) < 4.78 is 17.2. The molecule has 3 saturated heterocycles. The SMILES string of the molecule is [3H]C1N2CCC(CC2)[C@]1([3H])NC(=O)N1C(=O)c2cccc3c(N)c(Cl)cc(c23)C1=O. The highest BCUT2D eigenvalue weighted by Gasteiger charge is 2.41. The van der Waals surface area contributed by atoms with Gasteiger partial charge in [-0.15, -0.1) is 0 Å². The summed E-state index contributed by atoms with van der Waals surface area (Å²) in [5.41, 5.74) is 6.53. The molecule has 0 spiro atoms. The second-order valence-corrected chi connectivity index (χ2v) is 7.73. The van der Waals surface area contributed by atoms with Gasteiger partial charge in [0.2, 0.25) is 0 Å².